The molecule has 2 atom stereocenters. The Morgan fingerprint density at radius 3 is 2.21 bits per heavy atom. The van der Waals surface area contributed by atoms with Gasteiger partial charge in [-0.25, -0.2) is 4.79 Å². The fraction of sp³-hybridized carbons (Fsp3) is 0.640. The van der Waals surface area contributed by atoms with E-state index in [0.29, 0.717) is 5.92 Å². The van der Waals surface area contributed by atoms with E-state index in [2.05, 4.69) is 46.8 Å². The molecule has 28 heavy (non-hydrogen) atoms. The smallest absolute Gasteiger partial charge is 0.328 e. The maximum absolute atomic E-state index is 11.2. The minimum absolute atomic E-state index is 0.198. The second-order valence-electron chi connectivity index (χ2n) is 10.3. The van der Waals surface area contributed by atoms with Crippen molar-refractivity contribution in [1.82, 2.24) is 0 Å². The summed E-state index contributed by atoms with van der Waals surface area (Å²) in [5, 5.41) is 9.19. The zero-order valence-corrected chi connectivity index (χ0v) is 18.6. The molecule has 0 saturated heterocycles. The number of carboxylic acid groups (broad SMARTS) is 1. The van der Waals surface area contributed by atoms with Crippen molar-refractivity contribution in [2.75, 3.05) is 7.11 Å². The van der Waals surface area contributed by atoms with Gasteiger partial charge in [0.2, 0.25) is 0 Å². The molecule has 0 spiro atoms. The third kappa shape index (κ3) is 3.54. The van der Waals surface area contributed by atoms with Gasteiger partial charge < -0.3 is 9.84 Å². The van der Waals surface area contributed by atoms with Crippen LogP contribution in [-0.2, 0) is 20.4 Å². The van der Waals surface area contributed by atoms with Gasteiger partial charge in [0.1, 0.15) is 0 Å². The lowest BCUT2D eigenvalue weighted by Gasteiger charge is -2.42. The van der Waals surface area contributed by atoms with E-state index in [1.54, 1.807) is 7.11 Å². The largest absolute Gasteiger partial charge is 0.478 e. The lowest BCUT2D eigenvalue weighted by atomic mass is 9.62. The summed E-state index contributed by atoms with van der Waals surface area (Å²) in [5.74, 6) is -0.491. The summed E-state index contributed by atoms with van der Waals surface area (Å²) in [4.78, 5) is 11.2. The van der Waals surface area contributed by atoms with Gasteiger partial charge in [-0.15, -0.1) is 0 Å². The first-order valence-corrected chi connectivity index (χ1v) is 10.5. The van der Waals surface area contributed by atoms with Crippen LogP contribution < -0.4 is 0 Å². The summed E-state index contributed by atoms with van der Waals surface area (Å²) in [7, 11) is 1.72. The summed E-state index contributed by atoms with van der Waals surface area (Å²) in [6, 6.07) is 4.90. The van der Waals surface area contributed by atoms with E-state index in [1.165, 1.54) is 41.2 Å². The van der Waals surface area contributed by atoms with Gasteiger partial charge in [-0.3, -0.25) is 0 Å². The van der Waals surface area contributed by atoms with Crippen molar-refractivity contribution in [1.29, 1.82) is 0 Å². The molecule has 3 heteroatoms. The Balaban J connectivity index is 2.01. The van der Waals surface area contributed by atoms with Gasteiger partial charge in [0.05, 0.1) is 5.60 Å². The van der Waals surface area contributed by atoms with Crippen molar-refractivity contribution < 1.29 is 14.6 Å². The molecule has 0 aliphatic heterocycles. The van der Waals surface area contributed by atoms with Gasteiger partial charge in [-0.2, -0.15) is 0 Å². The highest BCUT2D eigenvalue weighted by Gasteiger charge is 2.43. The van der Waals surface area contributed by atoms with E-state index < -0.39 is 11.6 Å². The molecule has 2 aliphatic rings. The van der Waals surface area contributed by atoms with Crippen molar-refractivity contribution in [2.24, 2.45) is 0 Å². The number of ether oxygens (including phenoxy) is 1. The monoisotopic (exact) mass is 384 g/mol. The van der Waals surface area contributed by atoms with E-state index in [-0.39, 0.29) is 10.8 Å². The third-order valence-electron chi connectivity index (χ3n) is 7.60. The standard InChI is InChI=1S/C25H36O3/c1-16-12-20-21(24(5,6)11-10-23(20,3)4)14-19(16)18-8-9-25(15-18,28-7)17(2)13-22(26)27/h12-14,18H,8-11,15H2,1-7H3,(H,26,27)/b17-13-. The number of benzene rings is 1. The first kappa shape index (κ1) is 21.1. The molecular weight excluding hydrogens is 348 g/mol. The second kappa shape index (κ2) is 7.02. The number of aliphatic carboxylic acids is 1. The topological polar surface area (TPSA) is 46.5 Å². The second-order valence-corrected chi connectivity index (χ2v) is 10.3. The Morgan fingerprint density at radius 2 is 1.68 bits per heavy atom. The zero-order chi connectivity index (χ0) is 20.9. The van der Waals surface area contributed by atoms with Crippen LogP contribution in [0.1, 0.15) is 94.9 Å². The summed E-state index contributed by atoms with van der Waals surface area (Å²) in [6.07, 6.45) is 6.50. The third-order valence-corrected chi connectivity index (χ3v) is 7.60. The average Bonchev–Trinajstić information content (AvgIpc) is 3.04. The molecule has 1 saturated carbocycles. The van der Waals surface area contributed by atoms with Crippen molar-refractivity contribution in [3.8, 4) is 0 Å². The van der Waals surface area contributed by atoms with Gasteiger partial charge >= 0.3 is 5.97 Å². The summed E-state index contributed by atoms with van der Waals surface area (Å²) >= 11 is 0. The molecule has 0 bridgehead atoms. The van der Waals surface area contributed by atoms with Gasteiger partial charge in [0, 0.05) is 13.2 Å². The molecular formula is C25H36O3. The molecule has 154 valence electrons. The predicted octanol–water partition coefficient (Wildman–Crippen LogP) is 6.03. The fourth-order valence-electron chi connectivity index (χ4n) is 5.47. The molecule has 0 aromatic heterocycles. The number of aryl methyl sites for hydroxylation is 1. The van der Waals surface area contributed by atoms with Crippen LogP contribution in [0.2, 0.25) is 0 Å². The number of carbonyl (C=O) groups is 1. The van der Waals surface area contributed by atoms with Crippen LogP contribution in [0.15, 0.2) is 23.8 Å². The average molecular weight is 385 g/mol. The summed E-state index contributed by atoms with van der Waals surface area (Å²) < 4.78 is 5.91. The SMILES string of the molecule is COC1(/C(C)=C\C(=O)O)CCC(c2cc3c(cc2C)C(C)(C)CCC3(C)C)C1. The Morgan fingerprint density at radius 1 is 1.11 bits per heavy atom. The van der Waals surface area contributed by atoms with Crippen molar-refractivity contribution in [2.45, 2.75) is 96.0 Å². The first-order valence-electron chi connectivity index (χ1n) is 10.5. The van der Waals surface area contributed by atoms with Crippen LogP contribution in [0.5, 0.6) is 0 Å². The Labute approximate surface area is 170 Å². The van der Waals surface area contributed by atoms with Crippen LogP contribution in [-0.4, -0.2) is 23.8 Å². The Hall–Kier alpha value is -1.61. The van der Waals surface area contributed by atoms with Gasteiger partial charge in [-0.1, -0.05) is 39.8 Å². The van der Waals surface area contributed by atoms with Crippen molar-refractivity contribution in [3.63, 3.8) is 0 Å². The Bertz CT molecular complexity index is 815. The Kier molecular flexibility index (Phi) is 5.29. The predicted molar refractivity (Wildman–Crippen MR) is 114 cm³/mol. The normalized spacial score (nSPS) is 28.8. The maximum atomic E-state index is 11.2. The lowest BCUT2D eigenvalue weighted by Crippen LogP contribution is -2.34. The fourth-order valence-corrected chi connectivity index (χ4v) is 5.47. The van der Waals surface area contributed by atoms with Gasteiger partial charge in [0.15, 0.2) is 0 Å². The zero-order valence-electron chi connectivity index (χ0n) is 18.6. The first-order chi connectivity index (χ1) is 12.9. The van der Waals surface area contributed by atoms with E-state index in [9.17, 15) is 9.90 Å². The van der Waals surface area contributed by atoms with Crippen molar-refractivity contribution >= 4 is 5.97 Å². The molecule has 3 nitrogen and oxygen atoms in total. The molecule has 0 heterocycles. The summed E-state index contributed by atoms with van der Waals surface area (Å²) in [5.41, 5.74) is 6.57. The molecule has 1 aromatic rings. The highest BCUT2D eigenvalue weighted by atomic mass is 16.5. The van der Waals surface area contributed by atoms with E-state index in [4.69, 9.17) is 4.74 Å². The highest BCUT2D eigenvalue weighted by molar-refractivity contribution is 5.81. The molecule has 3 rings (SSSR count). The number of methoxy groups -OCH3 is 1. The van der Waals surface area contributed by atoms with E-state index in [0.717, 1.165) is 24.8 Å². The number of hydrogen-bond acceptors (Lipinski definition) is 2. The van der Waals surface area contributed by atoms with Crippen LogP contribution in [0.25, 0.3) is 0 Å². The van der Waals surface area contributed by atoms with E-state index in [1.807, 2.05) is 6.92 Å². The number of rotatable bonds is 4. The number of hydrogen-bond donors (Lipinski definition) is 1. The minimum atomic E-state index is -0.897. The van der Waals surface area contributed by atoms with Gasteiger partial charge in [-0.05, 0) is 90.5 Å². The van der Waals surface area contributed by atoms with Crippen molar-refractivity contribution in [3.05, 3.63) is 46.0 Å². The molecule has 1 fully saturated rings. The van der Waals surface area contributed by atoms with Crippen LogP contribution in [0, 0.1) is 6.92 Å². The molecule has 0 amide bonds. The highest BCUT2D eigenvalue weighted by Crippen LogP contribution is 2.51. The molecule has 2 aliphatic carbocycles. The lowest BCUT2D eigenvalue weighted by molar-refractivity contribution is -0.131. The molecule has 0 radical (unpaired) electrons. The molecule has 1 aromatic carbocycles. The summed E-state index contributed by atoms with van der Waals surface area (Å²) in [6.45, 7) is 13.6. The minimum Gasteiger partial charge on any atom is -0.478 e. The number of fused-ring (bicyclic) bond motifs is 1. The quantitative estimate of drug-likeness (QED) is 0.645. The van der Waals surface area contributed by atoms with Crippen LogP contribution >= 0.6 is 0 Å². The molecule has 1 N–H and O–H groups in total. The van der Waals surface area contributed by atoms with E-state index >= 15 is 0 Å². The van der Waals surface area contributed by atoms with Crippen LogP contribution in [0.3, 0.4) is 0 Å². The molecule has 2 unspecified atom stereocenters. The van der Waals surface area contributed by atoms with Crippen LogP contribution in [0.4, 0.5) is 0 Å². The van der Waals surface area contributed by atoms with Gasteiger partial charge in [0.25, 0.3) is 0 Å². The maximum Gasteiger partial charge on any atom is 0.328 e. The number of carboxylic acids is 1.